The summed E-state index contributed by atoms with van der Waals surface area (Å²) in [5.74, 6) is 0.330. The smallest absolute Gasteiger partial charge is 0.266 e. The highest BCUT2D eigenvalue weighted by Crippen LogP contribution is 2.27. The van der Waals surface area contributed by atoms with Gasteiger partial charge < -0.3 is 4.90 Å². The maximum absolute atomic E-state index is 13.6. The molecule has 32 heavy (non-hydrogen) atoms. The van der Waals surface area contributed by atoms with Crippen molar-refractivity contribution in [2.75, 3.05) is 7.05 Å². The van der Waals surface area contributed by atoms with Crippen LogP contribution in [0, 0.1) is 13.8 Å². The van der Waals surface area contributed by atoms with E-state index in [-0.39, 0.29) is 11.5 Å². The zero-order valence-corrected chi connectivity index (χ0v) is 19.2. The van der Waals surface area contributed by atoms with Crippen molar-refractivity contribution in [3.63, 3.8) is 0 Å². The number of fused-ring (bicyclic) bond motifs is 1. The number of hydrogen-bond acceptors (Lipinski definition) is 3. The summed E-state index contributed by atoms with van der Waals surface area (Å²) in [6.45, 7) is 5.72. The first-order valence-corrected chi connectivity index (χ1v) is 10.8. The summed E-state index contributed by atoms with van der Waals surface area (Å²) in [6.07, 6.45) is 0. The van der Waals surface area contributed by atoms with E-state index >= 15 is 0 Å². The Labute approximate surface area is 191 Å². The van der Waals surface area contributed by atoms with Crippen LogP contribution in [0.25, 0.3) is 16.6 Å². The van der Waals surface area contributed by atoms with Gasteiger partial charge in [0.25, 0.3) is 11.5 Å². The maximum atomic E-state index is 13.6. The van der Waals surface area contributed by atoms with E-state index in [0.717, 1.165) is 11.1 Å². The molecule has 0 aliphatic carbocycles. The molecule has 0 spiro atoms. The molecule has 0 saturated heterocycles. The Morgan fingerprint density at radius 2 is 1.69 bits per heavy atom. The van der Waals surface area contributed by atoms with Gasteiger partial charge in [-0.2, -0.15) is 0 Å². The number of carbonyl (C=O) groups excluding carboxylic acids is 1. The normalized spacial score (nSPS) is 12.0. The number of amides is 1. The summed E-state index contributed by atoms with van der Waals surface area (Å²) in [5.41, 5.74) is 3.48. The molecule has 0 aliphatic heterocycles. The maximum Gasteiger partial charge on any atom is 0.266 e. The Morgan fingerprint density at radius 1 is 1.00 bits per heavy atom. The Hall–Kier alpha value is -3.44. The molecule has 0 bridgehead atoms. The molecule has 0 radical (unpaired) electrons. The van der Waals surface area contributed by atoms with Crippen molar-refractivity contribution in [3.8, 4) is 5.69 Å². The van der Waals surface area contributed by atoms with Gasteiger partial charge in [-0.15, -0.1) is 0 Å². The second-order valence-corrected chi connectivity index (χ2v) is 8.38. The van der Waals surface area contributed by atoms with E-state index in [1.165, 1.54) is 0 Å². The van der Waals surface area contributed by atoms with Gasteiger partial charge in [0.2, 0.25) is 0 Å². The second kappa shape index (κ2) is 8.60. The van der Waals surface area contributed by atoms with Crippen molar-refractivity contribution in [1.82, 2.24) is 14.5 Å². The van der Waals surface area contributed by atoms with Gasteiger partial charge in [0.05, 0.1) is 22.6 Å². The summed E-state index contributed by atoms with van der Waals surface area (Å²) in [5, 5.41) is 1.07. The largest absolute Gasteiger partial charge is 0.332 e. The lowest BCUT2D eigenvalue weighted by molar-refractivity contribution is 0.0735. The predicted octanol–water partition coefficient (Wildman–Crippen LogP) is 5.49. The SMILES string of the molecule is Cc1ccc(C(=O)N(C)C(C)c2nc3ccccc3c(=O)n2-c2cccc(Cl)c2C)cc1. The third-order valence-electron chi connectivity index (χ3n) is 5.86. The highest BCUT2D eigenvalue weighted by molar-refractivity contribution is 6.31. The van der Waals surface area contributed by atoms with Crippen LogP contribution in [0.15, 0.2) is 71.5 Å². The third-order valence-corrected chi connectivity index (χ3v) is 6.26. The van der Waals surface area contributed by atoms with E-state index < -0.39 is 6.04 Å². The standard InChI is InChI=1S/C26H24ClN3O2/c1-16-12-14-19(15-13-16)25(31)29(4)18(3)24-28-22-10-6-5-8-20(22)26(32)30(24)23-11-7-9-21(27)17(23)2/h5-15,18H,1-4H3. The summed E-state index contributed by atoms with van der Waals surface area (Å²) >= 11 is 6.37. The van der Waals surface area contributed by atoms with Gasteiger partial charge in [0.1, 0.15) is 5.82 Å². The molecular weight excluding hydrogens is 422 g/mol. The van der Waals surface area contributed by atoms with Gasteiger partial charge in [0, 0.05) is 17.6 Å². The molecule has 0 fully saturated rings. The van der Waals surface area contributed by atoms with E-state index in [0.29, 0.717) is 33.0 Å². The second-order valence-electron chi connectivity index (χ2n) is 7.97. The summed E-state index contributed by atoms with van der Waals surface area (Å²) < 4.78 is 1.58. The van der Waals surface area contributed by atoms with Gasteiger partial charge in [0.15, 0.2) is 0 Å². The van der Waals surface area contributed by atoms with Crippen LogP contribution in [0.5, 0.6) is 0 Å². The first-order chi connectivity index (χ1) is 15.3. The fourth-order valence-corrected chi connectivity index (χ4v) is 3.92. The lowest BCUT2D eigenvalue weighted by atomic mass is 10.1. The average Bonchev–Trinajstić information content (AvgIpc) is 2.80. The van der Waals surface area contributed by atoms with Gasteiger partial charge in [-0.3, -0.25) is 14.2 Å². The Bertz CT molecular complexity index is 1380. The molecule has 0 N–H and O–H groups in total. The first kappa shape index (κ1) is 21.8. The number of hydrogen-bond donors (Lipinski definition) is 0. The van der Waals surface area contributed by atoms with E-state index in [4.69, 9.17) is 16.6 Å². The topological polar surface area (TPSA) is 55.2 Å². The number of benzene rings is 3. The van der Waals surface area contributed by atoms with E-state index in [1.807, 2.05) is 75.4 Å². The lowest BCUT2D eigenvalue weighted by Gasteiger charge is -2.27. The number of rotatable bonds is 4. The van der Waals surface area contributed by atoms with Crippen LogP contribution < -0.4 is 5.56 Å². The average molecular weight is 446 g/mol. The van der Waals surface area contributed by atoms with Crippen LogP contribution in [0.3, 0.4) is 0 Å². The summed E-state index contributed by atoms with van der Waals surface area (Å²) in [6, 6.07) is 19.6. The van der Waals surface area contributed by atoms with Crippen molar-refractivity contribution in [2.24, 2.45) is 0 Å². The van der Waals surface area contributed by atoms with Crippen molar-refractivity contribution in [2.45, 2.75) is 26.8 Å². The van der Waals surface area contributed by atoms with Gasteiger partial charge in [-0.25, -0.2) is 4.98 Å². The van der Waals surface area contributed by atoms with Gasteiger partial charge in [-0.05, 0) is 62.7 Å². The molecule has 1 amide bonds. The Morgan fingerprint density at radius 3 is 2.41 bits per heavy atom. The fourth-order valence-electron chi connectivity index (χ4n) is 3.75. The molecule has 1 heterocycles. The first-order valence-electron chi connectivity index (χ1n) is 10.4. The minimum atomic E-state index is -0.473. The van der Waals surface area contributed by atoms with Crippen molar-refractivity contribution < 1.29 is 4.79 Å². The zero-order valence-electron chi connectivity index (χ0n) is 18.5. The molecule has 4 aromatic rings. The van der Waals surface area contributed by atoms with Gasteiger partial charge >= 0.3 is 0 Å². The molecule has 6 heteroatoms. The monoisotopic (exact) mass is 445 g/mol. The molecule has 1 atom stereocenters. The number of nitrogens with zero attached hydrogens (tertiary/aromatic N) is 3. The molecule has 0 aliphatic rings. The van der Waals surface area contributed by atoms with Crippen molar-refractivity contribution >= 4 is 28.4 Å². The number of aryl methyl sites for hydroxylation is 1. The zero-order chi connectivity index (χ0) is 23.0. The molecule has 4 rings (SSSR count). The number of para-hydroxylation sites is 1. The molecule has 162 valence electrons. The van der Waals surface area contributed by atoms with Crippen LogP contribution in [0.4, 0.5) is 0 Å². The Balaban J connectivity index is 1.91. The van der Waals surface area contributed by atoms with Crippen LogP contribution in [0.1, 0.15) is 40.3 Å². The minimum absolute atomic E-state index is 0.144. The fraction of sp³-hybridized carbons (Fsp3) is 0.192. The number of aromatic nitrogens is 2. The Kier molecular flexibility index (Phi) is 5.85. The van der Waals surface area contributed by atoms with Crippen LogP contribution >= 0.6 is 11.6 Å². The van der Waals surface area contributed by atoms with Crippen LogP contribution in [0.2, 0.25) is 5.02 Å². The molecule has 3 aromatic carbocycles. The quantitative estimate of drug-likeness (QED) is 0.417. The lowest BCUT2D eigenvalue weighted by Crippen LogP contribution is -2.35. The van der Waals surface area contributed by atoms with E-state index in [1.54, 1.807) is 28.6 Å². The molecule has 1 aromatic heterocycles. The van der Waals surface area contributed by atoms with Crippen LogP contribution in [-0.4, -0.2) is 27.4 Å². The number of halogens is 1. The summed E-state index contributed by atoms with van der Waals surface area (Å²) in [4.78, 5) is 33.2. The molecule has 0 saturated carbocycles. The minimum Gasteiger partial charge on any atom is -0.332 e. The number of carbonyl (C=O) groups is 1. The highest BCUT2D eigenvalue weighted by atomic mass is 35.5. The molecular formula is C26H24ClN3O2. The van der Waals surface area contributed by atoms with Crippen LogP contribution in [-0.2, 0) is 0 Å². The third kappa shape index (κ3) is 3.80. The van der Waals surface area contributed by atoms with E-state index in [9.17, 15) is 9.59 Å². The predicted molar refractivity (Wildman–Crippen MR) is 129 cm³/mol. The molecule has 1 unspecified atom stereocenters. The van der Waals surface area contributed by atoms with Gasteiger partial charge in [-0.1, -0.05) is 47.5 Å². The molecule has 5 nitrogen and oxygen atoms in total. The van der Waals surface area contributed by atoms with Crippen molar-refractivity contribution in [1.29, 1.82) is 0 Å². The van der Waals surface area contributed by atoms with E-state index in [2.05, 4.69) is 0 Å². The van der Waals surface area contributed by atoms with Crippen molar-refractivity contribution in [3.05, 3.63) is 105 Å². The highest BCUT2D eigenvalue weighted by Gasteiger charge is 2.25. The summed E-state index contributed by atoms with van der Waals surface area (Å²) in [7, 11) is 1.73.